The van der Waals surface area contributed by atoms with Crippen molar-refractivity contribution in [2.45, 2.75) is 45.7 Å². The summed E-state index contributed by atoms with van der Waals surface area (Å²) in [5, 5.41) is 9.54. The van der Waals surface area contributed by atoms with E-state index in [1.165, 1.54) is 18.4 Å². The molecular weight excluding hydrogens is 276 g/mol. The van der Waals surface area contributed by atoms with Gasteiger partial charge in [-0.25, -0.2) is 4.98 Å². The van der Waals surface area contributed by atoms with E-state index in [4.69, 9.17) is 9.40 Å². The fourth-order valence-corrected chi connectivity index (χ4v) is 3.14. The van der Waals surface area contributed by atoms with Crippen LogP contribution in [0.3, 0.4) is 0 Å². The minimum Gasteiger partial charge on any atom is -0.441 e. The van der Waals surface area contributed by atoms with E-state index < -0.39 is 0 Å². The summed E-state index contributed by atoms with van der Waals surface area (Å²) in [5.74, 6) is 1.56. The predicted octanol–water partition coefficient (Wildman–Crippen LogP) is 3.31. The third kappa shape index (κ3) is 3.23. The first-order chi connectivity index (χ1) is 10.7. The average Bonchev–Trinajstić information content (AvgIpc) is 2.89. The number of benzene rings is 1. The van der Waals surface area contributed by atoms with Crippen molar-refractivity contribution in [2.75, 3.05) is 13.2 Å². The molecule has 0 amide bonds. The van der Waals surface area contributed by atoms with Gasteiger partial charge in [-0.1, -0.05) is 24.1 Å². The van der Waals surface area contributed by atoms with Crippen LogP contribution in [-0.4, -0.2) is 34.2 Å². The second-order valence-corrected chi connectivity index (χ2v) is 6.19. The van der Waals surface area contributed by atoms with Crippen LogP contribution in [-0.2, 0) is 6.54 Å². The molecule has 1 N–H and O–H groups in total. The van der Waals surface area contributed by atoms with Crippen LogP contribution < -0.4 is 0 Å². The highest BCUT2D eigenvalue weighted by molar-refractivity contribution is 5.54. The molecule has 1 aromatic heterocycles. The molecule has 118 valence electrons. The highest BCUT2D eigenvalue weighted by atomic mass is 16.4. The Hall–Kier alpha value is -1.65. The van der Waals surface area contributed by atoms with Gasteiger partial charge in [0.2, 0.25) is 5.89 Å². The number of aliphatic hydroxyl groups excluding tert-OH is 1. The molecular formula is C18H24N2O2. The van der Waals surface area contributed by atoms with Gasteiger partial charge in [0.05, 0.1) is 12.3 Å². The van der Waals surface area contributed by atoms with Crippen LogP contribution in [0, 0.1) is 13.8 Å². The molecule has 1 fully saturated rings. The number of aliphatic hydroxyl groups is 1. The first-order valence-electron chi connectivity index (χ1n) is 8.05. The Morgan fingerprint density at radius 3 is 2.95 bits per heavy atom. The fraction of sp³-hybridized carbons (Fsp3) is 0.500. The van der Waals surface area contributed by atoms with Gasteiger partial charge in [-0.3, -0.25) is 4.90 Å². The first-order valence-corrected chi connectivity index (χ1v) is 8.05. The van der Waals surface area contributed by atoms with E-state index in [1.807, 2.05) is 19.1 Å². The first kappa shape index (κ1) is 15.3. The van der Waals surface area contributed by atoms with Crippen LogP contribution in [0.25, 0.3) is 11.5 Å². The van der Waals surface area contributed by atoms with Gasteiger partial charge in [-0.2, -0.15) is 0 Å². The quantitative estimate of drug-likeness (QED) is 0.941. The average molecular weight is 300 g/mol. The smallest absolute Gasteiger partial charge is 0.226 e. The standard InChI is InChI=1S/C18H24N2O2/c1-13-6-5-7-15(10-13)18-19-17(14(2)22-18)11-20-9-4-3-8-16(20)12-21/h5-7,10,16,21H,3-4,8-9,11-12H2,1-2H3. The van der Waals surface area contributed by atoms with Gasteiger partial charge in [0, 0.05) is 18.2 Å². The van der Waals surface area contributed by atoms with Crippen molar-refractivity contribution < 1.29 is 9.52 Å². The molecule has 1 aliphatic heterocycles. The van der Waals surface area contributed by atoms with E-state index in [-0.39, 0.29) is 12.6 Å². The van der Waals surface area contributed by atoms with Gasteiger partial charge in [-0.05, 0) is 45.4 Å². The molecule has 4 nitrogen and oxygen atoms in total. The van der Waals surface area contributed by atoms with Crippen molar-refractivity contribution in [3.8, 4) is 11.5 Å². The van der Waals surface area contributed by atoms with Crippen LogP contribution in [0.4, 0.5) is 0 Å². The lowest BCUT2D eigenvalue weighted by Crippen LogP contribution is -2.41. The maximum absolute atomic E-state index is 9.54. The summed E-state index contributed by atoms with van der Waals surface area (Å²) in [4.78, 5) is 7.02. The summed E-state index contributed by atoms with van der Waals surface area (Å²) in [6.07, 6.45) is 3.46. The van der Waals surface area contributed by atoms with Crippen molar-refractivity contribution in [3.63, 3.8) is 0 Å². The SMILES string of the molecule is Cc1cccc(-c2nc(CN3CCCCC3CO)c(C)o2)c1. The van der Waals surface area contributed by atoms with Crippen LogP contribution >= 0.6 is 0 Å². The van der Waals surface area contributed by atoms with Gasteiger partial charge in [-0.15, -0.1) is 0 Å². The number of nitrogens with zero attached hydrogens (tertiary/aromatic N) is 2. The van der Waals surface area contributed by atoms with Gasteiger partial charge in [0.15, 0.2) is 0 Å². The molecule has 2 aromatic rings. The highest BCUT2D eigenvalue weighted by Gasteiger charge is 2.24. The zero-order chi connectivity index (χ0) is 15.5. The van der Waals surface area contributed by atoms with Gasteiger partial charge >= 0.3 is 0 Å². The summed E-state index contributed by atoms with van der Waals surface area (Å²) in [5.41, 5.74) is 3.20. The molecule has 3 rings (SSSR count). The lowest BCUT2D eigenvalue weighted by molar-refractivity contribution is 0.0828. The Labute approximate surface area is 131 Å². The maximum Gasteiger partial charge on any atom is 0.226 e. The molecule has 1 aliphatic rings. The number of oxazole rings is 1. The molecule has 0 radical (unpaired) electrons. The molecule has 2 heterocycles. The van der Waals surface area contributed by atoms with Crippen LogP contribution in [0.1, 0.15) is 36.3 Å². The summed E-state index contributed by atoms with van der Waals surface area (Å²) in [6.45, 7) is 6.05. The largest absolute Gasteiger partial charge is 0.441 e. The number of rotatable bonds is 4. The predicted molar refractivity (Wildman–Crippen MR) is 86.5 cm³/mol. The Balaban J connectivity index is 1.80. The molecule has 0 saturated carbocycles. The van der Waals surface area contributed by atoms with Crippen LogP contribution in [0.15, 0.2) is 28.7 Å². The second-order valence-electron chi connectivity index (χ2n) is 6.19. The van der Waals surface area contributed by atoms with Crippen molar-refractivity contribution in [1.29, 1.82) is 0 Å². The molecule has 0 spiro atoms. The molecule has 1 atom stereocenters. The van der Waals surface area contributed by atoms with E-state index in [9.17, 15) is 5.11 Å². The molecule has 1 unspecified atom stereocenters. The summed E-state index contributed by atoms with van der Waals surface area (Å²) in [6, 6.07) is 8.47. The van der Waals surface area contributed by atoms with Gasteiger partial charge < -0.3 is 9.52 Å². The number of likely N-dealkylation sites (tertiary alicyclic amines) is 1. The van der Waals surface area contributed by atoms with Gasteiger partial charge in [0.1, 0.15) is 5.76 Å². The Bertz CT molecular complexity index is 636. The minimum atomic E-state index is 0.224. The molecule has 0 aliphatic carbocycles. The molecule has 1 aromatic carbocycles. The minimum absolute atomic E-state index is 0.224. The van der Waals surface area contributed by atoms with E-state index >= 15 is 0 Å². The summed E-state index contributed by atoms with van der Waals surface area (Å²) >= 11 is 0. The number of hydrogen-bond donors (Lipinski definition) is 1. The monoisotopic (exact) mass is 300 g/mol. The third-order valence-corrected chi connectivity index (χ3v) is 4.47. The lowest BCUT2D eigenvalue weighted by atomic mass is 10.0. The third-order valence-electron chi connectivity index (χ3n) is 4.47. The number of aromatic nitrogens is 1. The second kappa shape index (κ2) is 6.63. The zero-order valence-electron chi connectivity index (χ0n) is 13.4. The van der Waals surface area contributed by atoms with Gasteiger partial charge in [0.25, 0.3) is 0 Å². The van der Waals surface area contributed by atoms with E-state index in [1.54, 1.807) is 0 Å². The van der Waals surface area contributed by atoms with Crippen molar-refractivity contribution in [1.82, 2.24) is 9.88 Å². The van der Waals surface area contributed by atoms with Crippen LogP contribution in [0.5, 0.6) is 0 Å². The lowest BCUT2D eigenvalue weighted by Gasteiger charge is -2.33. The topological polar surface area (TPSA) is 49.5 Å². The van der Waals surface area contributed by atoms with E-state index in [0.29, 0.717) is 5.89 Å². The molecule has 4 heteroatoms. The van der Waals surface area contributed by atoms with E-state index in [0.717, 1.165) is 36.5 Å². The van der Waals surface area contributed by atoms with E-state index in [2.05, 4.69) is 24.0 Å². The molecule has 1 saturated heterocycles. The van der Waals surface area contributed by atoms with Crippen LogP contribution in [0.2, 0.25) is 0 Å². The summed E-state index contributed by atoms with van der Waals surface area (Å²) < 4.78 is 5.87. The number of hydrogen-bond acceptors (Lipinski definition) is 4. The molecule has 22 heavy (non-hydrogen) atoms. The van der Waals surface area contributed by atoms with Crippen molar-refractivity contribution in [3.05, 3.63) is 41.3 Å². The Morgan fingerprint density at radius 1 is 1.32 bits per heavy atom. The number of piperidine rings is 1. The Morgan fingerprint density at radius 2 is 2.18 bits per heavy atom. The fourth-order valence-electron chi connectivity index (χ4n) is 3.14. The maximum atomic E-state index is 9.54. The molecule has 0 bridgehead atoms. The summed E-state index contributed by atoms with van der Waals surface area (Å²) in [7, 11) is 0. The number of aryl methyl sites for hydroxylation is 2. The van der Waals surface area contributed by atoms with Crippen molar-refractivity contribution >= 4 is 0 Å². The zero-order valence-corrected chi connectivity index (χ0v) is 13.4. The highest BCUT2D eigenvalue weighted by Crippen LogP contribution is 2.25. The Kier molecular flexibility index (Phi) is 4.60. The van der Waals surface area contributed by atoms with Crippen molar-refractivity contribution in [2.24, 2.45) is 0 Å². The normalized spacial score (nSPS) is 19.5.